The van der Waals surface area contributed by atoms with Gasteiger partial charge in [0.05, 0.1) is 18.9 Å². The Labute approximate surface area is 108 Å². The van der Waals surface area contributed by atoms with E-state index in [1.54, 1.807) is 7.11 Å². The van der Waals surface area contributed by atoms with Crippen LogP contribution in [0.15, 0.2) is 29.4 Å². The summed E-state index contributed by atoms with van der Waals surface area (Å²) in [5.74, 6) is 0. The van der Waals surface area contributed by atoms with Gasteiger partial charge in [-0.3, -0.25) is 4.90 Å². The lowest BCUT2D eigenvalue weighted by atomic mass is 10.0. The number of nitrogens with zero attached hydrogens (tertiary/aromatic N) is 2. The maximum Gasteiger partial charge on any atom is 0.106 e. The van der Waals surface area contributed by atoms with E-state index in [4.69, 9.17) is 9.57 Å². The summed E-state index contributed by atoms with van der Waals surface area (Å²) >= 11 is 0. The molecule has 1 aromatic rings. The molecule has 0 aromatic heterocycles. The largest absolute Gasteiger partial charge is 0.399 e. The van der Waals surface area contributed by atoms with Gasteiger partial charge in [0.15, 0.2) is 0 Å². The molecule has 0 N–H and O–H groups in total. The highest BCUT2D eigenvalue weighted by Crippen LogP contribution is 2.14. The summed E-state index contributed by atoms with van der Waals surface area (Å²) in [5.41, 5.74) is 3.37. The molecule has 0 atom stereocenters. The minimum absolute atomic E-state index is 0.827. The molecular weight excluding hydrogens is 228 g/mol. The molecule has 0 saturated carbocycles. The fourth-order valence-corrected chi connectivity index (χ4v) is 2.20. The Morgan fingerprint density at radius 3 is 2.78 bits per heavy atom. The van der Waals surface area contributed by atoms with Crippen molar-refractivity contribution in [3.05, 3.63) is 35.4 Å². The molecule has 2 rings (SSSR count). The summed E-state index contributed by atoms with van der Waals surface area (Å²) in [6.45, 7) is 6.56. The van der Waals surface area contributed by atoms with Gasteiger partial charge in [-0.25, -0.2) is 0 Å². The summed E-state index contributed by atoms with van der Waals surface area (Å²) in [7, 11) is 1.58. The average Bonchev–Trinajstić information content (AvgIpc) is 2.41. The molecule has 0 aliphatic carbocycles. The minimum atomic E-state index is 0.827. The van der Waals surface area contributed by atoms with Crippen LogP contribution in [0.4, 0.5) is 0 Å². The highest BCUT2D eigenvalue weighted by atomic mass is 16.6. The topological polar surface area (TPSA) is 34.1 Å². The van der Waals surface area contributed by atoms with Gasteiger partial charge in [-0.05, 0) is 12.5 Å². The molecule has 98 valence electrons. The maximum atomic E-state index is 5.37. The van der Waals surface area contributed by atoms with Crippen LogP contribution in [0.1, 0.15) is 18.1 Å². The number of rotatable bonds is 4. The fraction of sp³-hybridized carbons (Fsp3) is 0.500. The van der Waals surface area contributed by atoms with Gasteiger partial charge in [-0.2, -0.15) is 0 Å². The van der Waals surface area contributed by atoms with E-state index in [9.17, 15) is 0 Å². The Kier molecular flexibility index (Phi) is 4.73. The molecule has 4 nitrogen and oxygen atoms in total. The van der Waals surface area contributed by atoms with E-state index in [1.165, 1.54) is 5.56 Å². The molecule has 1 saturated heterocycles. The van der Waals surface area contributed by atoms with Crippen molar-refractivity contribution in [2.24, 2.45) is 5.16 Å². The van der Waals surface area contributed by atoms with Crippen LogP contribution in [0, 0.1) is 0 Å². The third kappa shape index (κ3) is 3.31. The summed E-state index contributed by atoms with van der Waals surface area (Å²) in [6, 6.07) is 8.35. The molecule has 1 aliphatic heterocycles. The molecule has 0 bridgehead atoms. The molecule has 0 unspecified atom stereocenters. The Hall–Kier alpha value is -1.39. The van der Waals surface area contributed by atoms with Crippen LogP contribution in [0.5, 0.6) is 0 Å². The zero-order valence-electron chi connectivity index (χ0n) is 11.1. The summed E-state index contributed by atoms with van der Waals surface area (Å²) in [4.78, 5) is 7.26. The summed E-state index contributed by atoms with van der Waals surface area (Å²) in [6.07, 6.45) is 0. The van der Waals surface area contributed by atoms with Crippen LogP contribution in [0.25, 0.3) is 0 Å². The van der Waals surface area contributed by atoms with Gasteiger partial charge in [-0.1, -0.05) is 29.4 Å². The van der Waals surface area contributed by atoms with Crippen molar-refractivity contribution in [3.63, 3.8) is 0 Å². The molecule has 4 heteroatoms. The van der Waals surface area contributed by atoms with Crippen LogP contribution >= 0.6 is 0 Å². The molecule has 18 heavy (non-hydrogen) atoms. The first kappa shape index (κ1) is 13.1. The van der Waals surface area contributed by atoms with Crippen LogP contribution in [0.2, 0.25) is 0 Å². The number of hydrogen-bond acceptors (Lipinski definition) is 4. The molecule has 1 heterocycles. The van der Waals surface area contributed by atoms with E-state index in [-0.39, 0.29) is 0 Å². The molecule has 1 aromatic carbocycles. The van der Waals surface area contributed by atoms with Crippen LogP contribution in [-0.4, -0.2) is 44.0 Å². The maximum absolute atomic E-state index is 5.37. The lowest BCUT2D eigenvalue weighted by Crippen LogP contribution is -2.36. The van der Waals surface area contributed by atoms with Gasteiger partial charge in [0.2, 0.25) is 0 Å². The van der Waals surface area contributed by atoms with Crippen LogP contribution < -0.4 is 0 Å². The normalized spacial score (nSPS) is 17.8. The highest BCUT2D eigenvalue weighted by molar-refractivity contribution is 5.99. The third-order valence-electron chi connectivity index (χ3n) is 3.13. The molecule has 0 spiro atoms. The Bertz CT molecular complexity index is 412. The third-order valence-corrected chi connectivity index (χ3v) is 3.13. The number of hydrogen-bond donors (Lipinski definition) is 0. The second-order valence-electron chi connectivity index (χ2n) is 4.40. The van der Waals surface area contributed by atoms with E-state index in [0.29, 0.717) is 0 Å². The van der Waals surface area contributed by atoms with Gasteiger partial charge in [0.1, 0.15) is 7.11 Å². The van der Waals surface area contributed by atoms with Gasteiger partial charge in [0, 0.05) is 25.2 Å². The highest BCUT2D eigenvalue weighted by Gasteiger charge is 2.13. The van der Waals surface area contributed by atoms with Gasteiger partial charge in [0.25, 0.3) is 0 Å². The lowest BCUT2D eigenvalue weighted by Gasteiger charge is -2.27. The summed E-state index contributed by atoms with van der Waals surface area (Å²) < 4.78 is 5.37. The number of benzene rings is 1. The van der Waals surface area contributed by atoms with Gasteiger partial charge < -0.3 is 9.57 Å². The van der Waals surface area contributed by atoms with Crippen molar-refractivity contribution in [3.8, 4) is 0 Å². The second kappa shape index (κ2) is 6.52. The van der Waals surface area contributed by atoms with Crippen molar-refractivity contribution < 1.29 is 9.57 Å². The predicted molar refractivity (Wildman–Crippen MR) is 71.8 cm³/mol. The number of morpholine rings is 1. The monoisotopic (exact) mass is 248 g/mol. The quantitative estimate of drug-likeness (QED) is 0.603. The summed E-state index contributed by atoms with van der Waals surface area (Å²) in [5, 5.41) is 4.02. The van der Waals surface area contributed by atoms with E-state index in [2.05, 4.69) is 28.3 Å². The van der Waals surface area contributed by atoms with E-state index in [0.717, 1.165) is 44.1 Å². The van der Waals surface area contributed by atoms with Crippen molar-refractivity contribution in [1.82, 2.24) is 4.90 Å². The predicted octanol–water partition coefficient (Wildman–Crippen LogP) is 1.89. The second-order valence-corrected chi connectivity index (χ2v) is 4.40. The van der Waals surface area contributed by atoms with Crippen molar-refractivity contribution in [2.75, 3.05) is 33.4 Å². The van der Waals surface area contributed by atoms with E-state index < -0.39 is 0 Å². The fourth-order valence-electron chi connectivity index (χ4n) is 2.20. The molecule has 1 fully saturated rings. The standard InChI is InChI=1S/C14H20N2O2/c1-12(15-17-2)14-6-4-3-5-13(14)11-16-7-9-18-10-8-16/h3-6H,7-11H2,1-2H3/b15-12-. The number of ether oxygens (including phenoxy) is 1. The Balaban J connectivity index is 2.14. The Morgan fingerprint density at radius 2 is 2.06 bits per heavy atom. The van der Waals surface area contributed by atoms with Crippen molar-refractivity contribution in [1.29, 1.82) is 0 Å². The zero-order chi connectivity index (χ0) is 12.8. The Morgan fingerprint density at radius 1 is 1.33 bits per heavy atom. The van der Waals surface area contributed by atoms with Crippen molar-refractivity contribution in [2.45, 2.75) is 13.5 Å². The van der Waals surface area contributed by atoms with Gasteiger partial charge >= 0.3 is 0 Å². The first-order chi connectivity index (χ1) is 8.81. The minimum Gasteiger partial charge on any atom is -0.399 e. The molecule has 0 radical (unpaired) electrons. The zero-order valence-corrected chi connectivity index (χ0v) is 11.1. The van der Waals surface area contributed by atoms with Crippen molar-refractivity contribution >= 4 is 5.71 Å². The number of oxime groups is 1. The van der Waals surface area contributed by atoms with Gasteiger partial charge in [-0.15, -0.1) is 0 Å². The van der Waals surface area contributed by atoms with E-state index >= 15 is 0 Å². The van der Waals surface area contributed by atoms with Crippen LogP contribution in [0.3, 0.4) is 0 Å². The molecule has 0 amide bonds. The van der Waals surface area contributed by atoms with E-state index in [1.807, 2.05) is 13.0 Å². The first-order valence-corrected chi connectivity index (χ1v) is 6.27. The first-order valence-electron chi connectivity index (χ1n) is 6.27. The molecule has 1 aliphatic rings. The smallest absolute Gasteiger partial charge is 0.106 e. The average molecular weight is 248 g/mol. The van der Waals surface area contributed by atoms with Crippen LogP contribution in [-0.2, 0) is 16.1 Å². The SMILES string of the molecule is CO/N=C(/C)c1ccccc1CN1CCOCC1. The lowest BCUT2D eigenvalue weighted by molar-refractivity contribution is 0.0341. The molecular formula is C14H20N2O2.